The molecule has 17 heavy (non-hydrogen) atoms. The molecule has 0 fully saturated rings. The van der Waals surface area contributed by atoms with Gasteiger partial charge < -0.3 is 10.1 Å². The van der Waals surface area contributed by atoms with Crippen LogP contribution >= 0.6 is 0 Å². The second-order valence-electron chi connectivity index (χ2n) is 4.55. The fourth-order valence-electron chi connectivity index (χ4n) is 1.77. The molecule has 0 saturated carbocycles. The molecule has 3 nitrogen and oxygen atoms in total. The van der Waals surface area contributed by atoms with E-state index in [1.54, 1.807) is 0 Å². The lowest BCUT2D eigenvalue weighted by atomic mass is 9.97. The summed E-state index contributed by atoms with van der Waals surface area (Å²) < 4.78 is 4.64. The average Bonchev–Trinajstić information content (AvgIpc) is 2.34. The molecule has 1 rings (SSSR count). The monoisotopic (exact) mass is 235 g/mol. The van der Waals surface area contributed by atoms with Gasteiger partial charge in [0, 0.05) is 6.04 Å². The molecule has 1 N–H and O–H groups in total. The number of carbonyl (C=O) groups is 1. The van der Waals surface area contributed by atoms with E-state index in [1.165, 1.54) is 12.7 Å². The molecule has 0 aliphatic rings. The summed E-state index contributed by atoms with van der Waals surface area (Å²) in [5, 5.41) is 3.24. The van der Waals surface area contributed by atoms with Gasteiger partial charge in [-0.05, 0) is 17.9 Å². The molecular formula is C14H21NO2. The van der Waals surface area contributed by atoms with Gasteiger partial charge in [-0.3, -0.25) is 4.79 Å². The van der Waals surface area contributed by atoms with Crippen molar-refractivity contribution in [3.8, 4) is 0 Å². The Hall–Kier alpha value is -1.35. The topological polar surface area (TPSA) is 38.3 Å². The van der Waals surface area contributed by atoms with Gasteiger partial charge in [0.05, 0.1) is 13.7 Å². The SMILES string of the molecule is COC(=O)CNC(CC(C)C)c1ccccc1. The van der Waals surface area contributed by atoms with E-state index in [-0.39, 0.29) is 18.6 Å². The minimum atomic E-state index is -0.227. The molecule has 1 unspecified atom stereocenters. The van der Waals surface area contributed by atoms with E-state index >= 15 is 0 Å². The number of esters is 1. The maximum absolute atomic E-state index is 11.1. The molecule has 0 heterocycles. The molecule has 1 aromatic carbocycles. The molecule has 0 aromatic heterocycles. The van der Waals surface area contributed by atoms with E-state index in [4.69, 9.17) is 0 Å². The van der Waals surface area contributed by atoms with Crippen molar-refractivity contribution in [3.63, 3.8) is 0 Å². The molecule has 0 aliphatic carbocycles. The van der Waals surface area contributed by atoms with Crippen LogP contribution in [-0.2, 0) is 9.53 Å². The van der Waals surface area contributed by atoms with E-state index in [2.05, 4.69) is 36.0 Å². The molecule has 1 atom stereocenters. The molecule has 0 amide bonds. The number of hydrogen-bond donors (Lipinski definition) is 1. The minimum absolute atomic E-state index is 0.204. The summed E-state index contributed by atoms with van der Waals surface area (Å²) >= 11 is 0. The Bertz CT molecular complexity index is 335. The first-order valence-corrected chi connectivity index (χ1v) is 5.98. The van der Waals surface area contributed by atoms with Crippen LogP contribution in [0.4, 0.5) is 0 Å². The fourth-order valence-corrected chi connectivity index (χ4v) is 1.77. The van der Waals surface area contributed by atoms with Gasteiger partial charge in [-0.2, -0.15) is 0 Å². The summed E-state index contributed by atoms with van der Waals surface area (Å²) in [7, 11) is 1.41. The summed E-state index contributed by atoms with van der Waals surface area (Å²) in [6.07, 6.45) is 1.00. The van der Waals surface area contributed by atoms with Gasteiger partial charge in [-0.1, -0.05) is 44.2 Å². The van der Waals surface area contributed by atoms with Crippen LogP contribution in [0.2, 0.25) is 0 Å². The van der Waals surface area contributed by atoms with Crippen molar-refractivity contribution in [2.75, 3.05) is 13.7 Å². The van der Waals surface area contributed by atoms with Crippen LogP contribution < -0.4 is 5.32 Å². The number of carbonyl (C=O) groups excluding carboxylic acids is 1. The maximum atomic E-state index is 11.1. The molecule has 0 bridgehead atoms. The summed E-state index contributed by atoms with van der Waals surface area (Å²) in [5.74, 6) is 0.347. The van der Waals surface area contributed by atoms with Crippen molar-refractivity contribution in [2.24, 2.45) is 5.92 Å². The van der Waals surface area contributed by atoms with Crippen molar-refractivity contribution in [3.05, 3.63) is 35.9 Å². The molecule has 0 spiro atoms. The quantitative estimate of drug-likeness (QED) is 0.770. The Morgan fingerprint density at radius 3 is 2.47 bits per heavy atom. The van der Waals surface area contributed by atoms with Crippen molar-refractivity contribution in [1.29, 1.82) is 0 Å². The van der Waals surface area contributed by atoms with E-state index in [1.807, 2.05) is 18.2 Å². The molecule has 0 radical (unpaired) electrons. The lowest BCUT2D eigenvalue weighted by Crippen LogP contribution is -2.29. The van der Waals surface area contributed by atoms with Gasteiger partial charge in [-0.15, -0.1) is 0 Å². The highest BCUT2D eigenvalue weighted by molar-refractivity contribution is 5.71. The zero-order valence-electron chi connectivity index (χ0n) is 10.8. The fraction of sp³-hybridized carbons (Fsp3) is 0.500. The van der Waals surface area contributed by atoms with Crippen molar-refractivity contribution in [2.45, 2.75) is 26.3 Å². The zero-order chi connectivity index (χ0) is 12.7. The molecular weight excluding hydrogens is 214 g/mol. The average molecular weight is 235 g/mol. The standard InChI is InChI=1S/C14H21NO2/c1-11(2)9-13(15-10-14(16)17-3)12-7-5-4-6-8-12/h4-8,11,13,15H,9-10H2,1-3H3. The second kappa shape index (κ2) is 7.07. The molecule has 0 saturated heterocycles. The van der Waals surface area contributed by atoms with Crippen molar-refractivity contribution >= 4 is 5.97 Å². The third-order valence-electron chi connectivity index (χ3n) is 2.63. The largest absolute Gasteiger partial charge is 0.468 e. The zero-order valence-corrected chi connectivity index (χ0v) is 10.8. The highest BCUT2D eigenvalue weighted by Gasteiger charge is 2.14. The lowest BCUT2D eigenvalue weighted by Gasteiger charge is -2.20. The van der Waals surface area contributed by atoms with E-state index in [0.29, 0.717) is 5.92 Å². The Morgan fingerprint density at radius 2 is 1.94 bits per heavy atom. The first kappa shape index (κ1) is 13.7. The summed E-state index contributed by atoms with van der Waals surface area (Å²) in [4.78, 5) is 11.1. The highest BCUT2D eigenvalue weighted by atomic mass is 16.5. The second-order valence-corrected chi connectivity index (χ2v) is 4.55. The Morgan fingerprint density at radius 1 is 1.29 bits per heavy atom. The van der Waals surface area contributed by atoms with E-state index < -0.39 is 0 Å². The van der Waals surface area contributed by atoms with Crippen LogP contribution in [0.5, 0.6) is 0 Å². The summed E-state index contributed by atoms with van der Waals surface area (Å²) in [6.45, 7) is 4.61. The van der Waals surface area contributed by atoms with E-state index in [0.717, 1.165) is 6.42 Å². The molecule has 0 aliphatic heterocycles. The number of ether oxygens (including phenoxy) is 1. The third-order valence-corrected chi connectivity index (χ3v) is 2.63. The molecule has 94 valence electrons. The smallest absolute Gasteiger partial charge is 0.319 e. The normalized spacial score (nSPS) is 12.5. The van der Waals surface area contributed by atoms with Gasteiger partial charge in [0.25, 0.3) is 0 Å². The first-order chi connectivity index (χ1) is 8.13. The lowest BCUT2D eigenvalue weighted by molar-refractivity contribution is -0.139. The summed E-state index contributed by atoms with van der Waals surface area (Å²) in [6, 6.07) is 10.4. The van der Waals surface area contributed by atoms with Crippen LogP contribution in [0.1, 0.15) is 31.9 Å². The highest BCUT2D eigenvalue weighted by Crippen LogP contribution is 2.20. The number of hydrogen-bond acceptors (Lipinski definition) is 3. The number of nitrogens with one attached hydrogen (secondary N) is 1. The minimum Gasteiger partial charge on any atom is -0.468 e. The third kappa shape index (κ3) is 5.00. The Kier molecular flexibility index (Phi) is 5.70. The van der Waals surface area contributed by atoms with Crippen molar-refractivity contribution < 1.29 is 9.53 Å². The number of rotatable bonds is 6. The first-order valence-electron chi connectivity index (χ1n) is 5.98. The van der Waals surface area contributed by atoms with Crippen LogP contribution in [-0.4, -0.2) is 19.6 Å². The van der Waals surface area contributed by atoms with Crippen LogP contribution in [0, 0.1) is 5.92 Å². The van der Waals surface area contributed by atoms with Crippen LogP contribution in [0.25, 0.3) is 0 Å². The maximum Gasteiger partial charge on any atom is 0.319 e. The van der Waals surface area contributed by atoms with Gasteiger partial charge >= 0.3 is 5.97 Å². The predicted octanol–water partition coefficient (Wildman–Crippen LogP) is 2.54. The molecule has 1 aromatic rings. The van der Waals surface area contributed by atoms with Gasteiger partial charge in [0.15, 0.2) is 0 Å². The van der Waals surface area contributed by atoms with E-state index in [9.17, 15) is 4.79 Å². The number of benzene rings is 1. The number of methoxy groups -OCH3 is 1. The Balaban J connectivity index is 2.64. The summed E-state index contributed by atoms with van der Waals surface area (Å²) in [5.41, 5.74) is 1.21. The van der Waals surface area contributed by atoms with Gasteiger partial charge in [-0.25, -0.2) is 0 Å². The van der Waals surface area contributed by atoms with Crippen molar-refractivity contribution in [1.82, 2.24) is 5.32 Å². The Labute approximate surface area is 103 Å². The van der Waals surface area contributed by atoms with Gasteiger partial charge in [0.2, 0.25) is 0 Å². The van der Waals surface area contributed by atoms with Gasteiger partial charge in [0.1, 0.15) is 0 Å². The van der Waals surface area contributed by atoms with Crippen LogP contribution in [0.15, 0.2) is 30.3 Å². The predicted molar refractivity (Wildman–Crippen MR) is 68.7 cm³/mol. The molecule has 3 heteroatoms. The van der Waals surface area contributed by atoms with Crippen LogP contribution in [0.3, 0.4) is 0 Å².